The quantitative estimate of drug-likeness (QED) is 0.222. The van der Waals surface area contributed by atoms with Crippen molar-refractivity contribution in [1.82, 2.24) is 4.90 Å². The number of aldehydes is 1. The number of nitrogens with zero attached hydrogens (tertiary/aromatic N) is 1. The standard InChI is InChI=1S/C16H24FNO4S/c17-14(20)8-4-3-5-9-18-15(21)12-13(16(18)22)23-11-7-2-1-6-10-19/h10,13H,1-9,11-12H2. The van der Waals surface area contributed by atoms with Crippen molar-refractivity contribution in [1.29, 1.82) is 0 Å². The Bertz CT molecular complexity index is 430. The van der Waals surface area contributed by atoms with Crippen LogP contribution in [0, 0.1) is 0 Å². The first-order valence-corrected chi connectivity index (χ1v) is 9.19. The first kappa shape index (κ1) is 19.8. The fourth-order valence-electron chi connectivity index (χ4n) is 2.46. The van der Waals surface area contributed by atoms with Gasteiger partial charge in [0.05, 0.1) is 5.25 Å². The Morgan fingerprint density at radius 1 is 1.17 bits per heavy atom. The average Bonchev–Trinajstić information content (AvgIpc) is 2.77. The topological polar surface area (TPSA) is 71.5 Å². The van der Waals surface area contributed by atoms with Crippen molar-refractivity contribution >= 4 is 35.9 Å². The summed E-state index contributed by atoms with van der Waals surface area (Å²) >= 11 is 1.51. The number of thioether (sulfide) groups is 1. The predicted molar refractivity (Wildman–Crippen MR) is 86.7 cm³/mol. The third kappa shape index (κ3) is 7.72. The normalized spacial score (nSPS) is 17.8. The van der Waals surface area contributed by atoms with Crippen molar-refractivity contribution in [2.45, 2.75) is 63.0 Å². The molecule has 1 heterocycles. The van der Waals surface area contributed by atoms with Crippen LogP contribution >= 0.6 is 11.8 Å². The summed E-state index contributed by atoms with van der Waals surface area (Å²) in [6.45, 7) is 0.356. The van der Waals surface area contributed by atoms with Gasteiger partial charge >= 0.3 is 6.04 Å². The molecular weight excluding hydrogens is 321 g/mol. The Balaban J connectivity index is 2.19. The number of rotatable bonds is 13. The largest absolute Gasteiger partial charge is 0.303 e. The maximum atomic E-state index is 12.2. The van der Waals surface area contributed by atoms with Crippen molar-refractivity contribution in [2.24, 2.45) is 0 Å². The Hall–Kier alpha value is -1.24. The molecule has 0 saturated carbocycles. The number of hydrogen-bond acceptors (Lipinski definition) is 5. The fourth-order valence-corrected chi connectivity index (χ4v) is 3.65. The molecule has 130 valence electrons. The van der Waals surface area contributed by atoms with E-state index in [1.807, 2.05) is 0 Å². The van der Waals surface area contributed by atoms with Gasteiger partial charge in [0, 0.05) is 25.8 Å². The van der Waals surface area contributed by atoms with Crippen molar-refractivity contribution in [3.63, 3.8) is 0 Å². The van der Waals surface area contributed by atoms with Crippen LogP contribution in [0.4, 0.5) is 4.39 Å². The van der Waals surface area contributed by atoms with Gasteiger partial charge < -0.3 is 4.79 Å². The molecule has 1 rings (SSSR count). The molecule has 23 heavy (non-hydrogen) atoms. The summed E-state index contributed by atoms with van der Waals surface area (Å²) in [5.41, 5.74) is 0. The molecule has 0 radical (unpaired) electrons. The summed E-state index contributed by atoms with van der Waals surface area (Å²) in [7, 11) is 0. The summed E-state index contributed by atoms with van der Waals surface area (Å²) in [6.07, 6.45) is 6.09. The van der Waals surface area contributed by atoms with Gasteiger partial charge in [0.25, 0.3) is 0 Å². The smallest absolute Gasteiger partial charge is 0.301 e. The molecule has 0 aromatic carbocycles. The van der Waals surface area contributed by atoms with E-state index in [-0.39, 0.29) is 29.9 Å². The number of halogens is 1. The minimum Gasteiger partial charge on any atom is -0.303 e. The lowest BCUT2D eigenvalue weighted by atomic mass is 10.2. The zero-order valence-electron chi connectivity index (χ0n) is 13.3. The third-order valence-corrected chi connectivity index (χ3v) is 5.04. The second kappa shape index (κ2) is 11.3. The zero-order valence-corrected chi connectivity index (χ0v) is 14.1. The molecule has 0 aromatic heterocycles. The average molecular weight is 345 g/mol. The van der Waals surface area contributed by atoms with Gasteiger partial charge in [-0.1, -0.05) is 12.8 Å². The van der Waals surface area contributed by atoms with E-state index in [9.17, 15) is 23.6 Å². The molecule has 1 aliphatic heterocycles. The van der Waals surface area contributed by atoms with Gasteiger partial charge in [-0.15, -0.1) is 11.8 Å². The molecule has 1 aliphatic rings. The highest BCUT2D eigenvalue weighted by molar-refractivity contribution is 8.00. The molecule has 1 unspecified atom stereocenters. The molecular formula is C16H24FNO4S. The SMILES string of the molecule is O=CCCCCCSC1CC(=O)N(CCCCCC(=O)F)C1=O. The van der Waals surface area contributed by atoms with Crippen LogP contribution < -0.4 is 0 Å². The molecule has 7 heteroatoms. The summed E-state index contributed by atoms with van der Waals surface area (Å²) < 4.78 is 12.0. The number of hydrogen-bond donors (Lipinski definition) is 0. The summed E-state index contributed by atoms with van der Waals surface area (Å²) in [6, 6.07) is -1.32. The van der Waals surface area contributed by atoms with E-state index in [1.54, 1.807) is 0 Å². The predicted octanol–water partition coefficient (Wildman–Crippen LogP) is 2.66. The van der Waals surface area contributed by atoms with Gasteiger partial charge in [-0.05, 0) is 31.4 Å². The monoisotopic (exact) mass is 345 g/mol. The highest BCUT2D eigenvalue weighted by atomic mass is 32.2. The van der Waals surface area contributed by atoms with Crippen molar-refractivity contribution in [2.75, 3.05) is 12.3 Å². The van der Waals surface area contributed by atoms with Crippen molar-refractivity contribution < 1.29 is 23.6 Å². The van der Waals surface area contributed by atoms with Crippen LogP contribution in [0.25, 0.3) is 0 Å². The Labute approximate surface area is 140 Å². The van der Waals surface area contributed by atoms with Gasteiger partial charge in [-0.2, -0.15) is 4.39 Å². The zero-order chi connectivity index (χ0) is 17.1. The minimum atomic E-state index is -1.32. The lowest BCUT2D eigenvalue weighted by Crippen LogP contribution is -2.32. The maximum Gasteiger partial charge on any atom is 0.301 e. The van der Waals surface area contributed by atoms with E-state index < -0.39 is 6.04 Å². The van der Waals surface area contributed by atoms with Crippen LogP contribution in [0.3, 0.4) is 0 Å². The van der Waals surface area contributed by atoms with Gasteiger partial charge in [-0.3, -0.25) is 19.3 Å². The second-order valence-corrected chi connectivity index (χ2v) is 6.94. The molecule has 1 atom stereocenters. The van der Waals surface area contributed by atoms with Crippen LogP contribution in [0.15, 0.2) is 0 Å². The van der Waals surface area contributed by atoms with E-state index in [0.717, 1.165) is 31.3 Å². The summed E-state index contributed by atoms with van der Waals surface area (Å²) in [5, 5.41) is -0.291. The molecule has 0 spiro atoms. The number of imide groups is 1. The van der Waals surface area contributed by atoms with E-state index in [2.05, 4.69) is 0 Å². The van der Waals surface area contributed by atoms with E-state index in [1.165, 1.54) is 16.7 Å². The van der Waals surface area contributed by atoms with E-state index >= 15 is 0 Å². The number of unbranched alkanes of at least 4 members (excludes halogenated alkanes) is 5. The fraction of sp³-hybridized carbons (Fsp3) is 0.750. The number of amides is 2. The molecule has 0 aromatic rings. The number of carbonyl (C=O) groups excluding carboxylic acids is 4. The van der Waals surface area contributed by atoms with Crippen LogP contribution in [0.5, 0.6) is 0 Å². The van der Waals surface area contributed by atoms with Crippen molar-refractivity contribution in [3.8, 4) is 0 Å². The van der Waals surface area contributed by atoms with Crippen LogP contribution in [-0.2, 0) is 19.2 Å². The molecule has 0 aliphatic carbocycles. The summed E-state index contributed by atoms with van der Waals surface area (Å²) in [4.78, 5) is 45.7. The third-order valence-electron chi connectivity index (χ3n) is 3.74. The Morgan fingerprint density at radius 3 is 2.61 bits per heavy atom. The van der Waals surface area contributed by atoms with Gasteiger partial charge in [-0.25, -0.2) is 0 Å². The van der Waals surface area contributed by atoms with Gasteiger partial charge in [0.2, 0.25) is 11.8 Å². The number of carbonyl (C=O) groups is 4. The van der Waals surface area contributed by atoms with Crippen LogP contribution in [0.2, 0.25) is 0 Å². The van der Waals surface area contributed by atoms with E-state index in [4.69, 9.17) is 0 Å². The highest BCUT2D eigenvalue weighted by Crippen LogP contribution is 2.26. The Morgan fingerprint density at radius 2 is 1.91 bits per heavy atom. The number of likely N-dealkylation sites (tertiary alicyclic amines) is 1. The minimum absolute atomic E-state index is 0.0928. The molecule has 5 nitrogen and oxygen atoms in total. The van der Waals surface area contributed by atoms with E-state index in [0.29, 0.717) is 32.2 Å². The lowest BCUT2D eigenvalue weighted by Gasteiger charge is -2.14. The summed E-state index contributed by atoms with van der Waals surface area (Å²) in [5.74, 6) is 0.541. The molecule has 0 bridgehead atoms. The highest BCUT2D eigenvalue weighted by Gasteiger charge is 2.37. The second-order valence-electron chi connectivity index (χ2n) is 5.63. The van der Waals surface area contributed by atoms with Gasteiger partial charge in [0.1, 0.15) is 6.29 Å². The first-order valence-electron chi connectivity index (χ1n) is 8.14. The van der Waals surface area contributed by atoms with Crippen LogP contribution in [-0.4, -0.2) is 46.6 Å². The maximum absolute atomic E-state index is 12.2. The van der Waals surface area contributed by atoms with Crippen molar-refractivity contribution in [3.05, 3.63) is 0 Å². The van der Waals surface area contributed by atoms with Gasteiger partial charge in [0.15, 0.2) is 0 Å². The first-order chi connectivity index (χ1) is 11.1. The van der Waals surface area contributed by atoms with Crippen LogP contribution in [0.1, 0.15) is 57.8 Å². The molecule has 1 saturated heterocycles. The lowest BCUT2D eigenvalue weighted by molar-refractivity contribution is -0.138. The Kier molecular flexibility index (Phi) is 9.75. The molecule has 0 N–H and O–H groups in total. The molecule has 2 amide bonds. The molecule has 1 fully saturated rings.